The van der Waals surface area contributed by atoms with Crippen LogP contribution in [0, 0.1) is 12.7 Å². The van der Waals surface area contributed by atoms with Gasteiger partial charge in [0.15, 0.2) is 0 Å². The van der Waals surface area contributed by atoms with Gasteiger partial charge in [0, 0.05) is 12.6 Å². The molecule has 2 aromatic rings. The molecule has 1 saturated carbocycles. The summed E-state index contributed by atoms with van der Waals surface area (Å²) in [4.78, 5) is 0. The molecule has 19 heavy (non-hydrogen) atoms. The van der Waals surface area contributed by atoms with E-state index < -0.39 is 0 Å². The van der Waals surface area contributed by atoms with Crippen molar-refractivity contribution in [3.05, 3.63) is 59.4 Å². The summed E-state index contributed by atoms with van der Waals surface area (Å²) in [6.45, 7) is 2.96. The van der Waals surface area contributed by atoms with Crippen LogP contribution in [0.2, 0.25) is 0 Å². The van der Waals surface area contributed by atoms with Crippen LogP contribution >= 0.6 is 0 Å². The molecule has 1 aliphatic rings. The molecular weight excluding hydrogens is 237 g/mol. The van der Waals surface area contributed by atoms with Crippen LogP contribution in [0.25, 0.3) is 11.1 Å². The van der Waals surface area contributed by atoms with E-state index in [0.29, 0.717) is 6.04 Å². The lowest BCUT2D eigenvalue weighted by molar-refractivity contribution is 0.628. The predicted octanol–water partition coefficient (Wildman–Crippen LogP) is 4.05. The summed E-state index contributed by atoms with van der Waals surface area (Å²) in [5, 5.41) is 3.51. The largest absolute Gasteiger partial charge is 0.310 e. The van der Waals surface area contributed by atoms with Crippen molar-refractivity contribution in [3.63, 3.8) is 0 Å². The minimum atomic E-state index is -0.182. The number of hydrogen-bond donors (Lipinski definition) is 1. The van der Waals surface area contributed by atoms with Gasteiger partial charge >= 0.3 is 0 Å². The fourth-order valence-electron chi connectivity index (χ4n) is 2.30. The van der Waals surface area contributed by atoms with Gasteiger partial charge in [-0.25, -0.2) is 4.39 Å². The minimum Gasteiger partial charge on any atom is -0.310 e. The monoisotopic (exact) mass is 255 g/mol. The third-order valence-electron chi connectivity index (χ3n) is 3.61. The zero-order valence-corrected chi connectivity index (χ0v) is 11.1. The average molecular weight is 255 g/mol. The third kappa shape index (κ3) is 3.02. The van der Waals surface area contributed by atoms with E-state index in [9.17, 15) is 4.39 Å². The summed E-state index contributed by atoms with van der Waals surface area (Å²) in [7, 11) is 0. The molecule has 98 valence electrons. The molecule has 3 rings (SSSR count). The molecule has 2 aromatic carbocycles. The fraction of sp³-hybridized carbons (Fsp3) is 0.294. The Kier molecular flexibility index (Phi) is 3.34. The third-order valence-corrected chi connectivity index (χ3v) is 3.61. The van der Waals surface area contributed by atoms with Crippen LogP contribution in [0.15, 0.2) is 42.5 Å². The lowest BCUT2D eigenvalue weighted by atomic mass is 9.98. The summed E-state index contributed by atoms with van der Waals surface area (Å²) in [5.41, 5.74) is 4.51. The highest BCUT2D eigenvalue weighted by Gasteiger charge is 2.19. The zero-order valence-electron chi connectivity index (χ0n) is 11.1. The molecule has 1 fully saturated rings. The highest BCUT2D eigenvalue weighted by Crippen LogP contribution is 2.26. The Morgan fingerprint density at radius 2 is 2.00 bits per heavy atom. The Morgan fingerprint density at radius 3 is 2.74 bits per heavy atom. The first-order chi connectivity index (χ1) is 9.22. The van der Waals surface area contributed by atoms with Crippen molar-refractivity contribution < 1.29 is 4.39 Å². The van der Waals surface area contributed by atoms with E-state index in [-0.39, 0.29) is 5.82 Å². The van der Waals surface area contributed by atoms with Crippen LogP contribution in [-0.2, 0) is 6.54 Å². The van der Waals surface area contributed by atoms with Crippen molar-refractivity contribution in [1.82, 2.24) is 5.32 Å². The topological polar surface area (TPSA) is 12.0 Å². The van der Waals surface area contributed by atoms with Gasteiger partial charge in [0.1, 0.15) is 5.82 Å². The second-order valence-corrected chi connectivity index (χ2v) is 5.31. The Bertz CT molecular complexity index is 588. The highest BCUT2D eigenvalue weighted by molar-refractivity contribution is 5.67. The maximum absolute atomic E-state index is 13.3. The van der Waals surface area contributed by atoms with Gasteiger partial charge in [-0.1, -0.05) is 24.3 Å². The van der Waals surface area contributed by atoms with E-state index in [1.807, 2.05) is 6.07 Å². The van der Waals surface area contributed by atoms with Gasteiger partial charge in [0.25, 0.3) is 0 Å². The summed E-state index contributed by atoms with van der Waals surface area (Å²) >= 11 is 0. The van der Waals surface area contributed by atoms with Crippen LogP contribution in [-0.4, -0.2) is 6.04 Å². The van der Waals surface area contributed by atoms with Gasteiger partial charge in [-0.15, -0.1) is 0 Å². The average Bonchev–Trinajstić information content (AvgIpc) is 3.22. The second kappa shape index (κ2) is 5.14. The molecule has 1 N–H and O–H groups in total. The number of rotatable bonds is 4. The summed E-state index contributed by atoms with van der Waals surface area (Å²) < 4.78 is 13.3. The standard InChI is InChI=1S/C17H18FN/c1-12-5-6-13(11-19-16-7-8-16)9-17(12)14-3-2-4-15(18)10-14/h2-6,9-10,16,19H,7-8,11H2,1H3. The van der Waals surface area contributed by atoms with Crippen molar-refractivity contribution in [2.24, 2.45) is 0 Å². The number of nitrogens with one attached hydrogen (secondary N) is 1. The second-order valence-electron chi connectivity index (χ2n) is 5.31. The van der Waals surface area contributed by atoms with Crippen molar-refractivity contribution in [3.8, 4) is 11.1 Å². The summed E-state index contributed by atoms with van der Waals surface area (Å²) in [5.74, 6) is -0.182. The van der Waals surface area contributed by atoms with Gasteiger partial charge in [-0.3, -0.25) is 0 Å². The lowest BCUT2D eigenvalue weighted by Crippen LogP contribution is -2.15. The molecule has 0 aliphatic heterocycles. The first kappa shape index (κ1) is 12.4. The Hall–Kier alpha value is -1.67. The van der Waals surface area contributed by atoms with Crippen LogP contribution in [0.1, 0.15) is 24.0 Å². The predicted molar refractivity (Wildman–Crippen MR) is 76.4 cm³/mol. The van der Waals surface area contributed by atoms with Gasteiger partial charge < -0.3 is 5.32 Å². The van der Waals surface area contributed by atoms with Crippen LogP contribution in [0.3, 0.4) is 0 Å². The molecule has 0 amide bonds. The molecule has 0 aromatic heterocycles. The number of halogens is 1. The smallest absolute Gasteiger partial charge is 0.123 e. The molecule has 0 heterocycles. The molecular formula is C17H18FN. The first-order valence-corrected chi connectivity index (χ1v) is 6.81. The number of aryl methyl sites for hydroxylation is 1. The highest BCUT2D eigenvalue weighted by atomic mass is 19.1. The van der Waals surface area contributed by atoms with Crippen molar-refractivity contribution in [1.29, 1.82) is 0 Å². The van der Waals surface area contributed by atoms with Crippen LogP contribution in [0.5, 0.6) is 0 Å². The van der Waals surface area contributed by atoms with E-state index in [1.54, 1.807) is 12.1 Å². The molecule has 0 radical (unpaired) electrons. The van der Waals surface area contributed by atoms with Gasteiger partial charge in [-0.05, 0) is 60.2 Å². The lowest BCUT2D eigenvalue weighted by Gasteiger charge is -2.10. The number of hydrogen-bond acceptors (Lipinski definition) is 1. The van der Waals surface area contributed by atoms with E-state index in [2.05, 4.69) is 30.4 Å². The molecule has 0 unspecified atom stereocenters. The van der Waals surface area contributed by atoms with Gasteiger partial charge in [-0.2, -0.15) is 0 Å². The van der Waals surface area contributed by atoms with Crippen LogP contribution < -0.4 is 5.32 Å². The van der Waals surface area contributed by atoms with Crippen molar-refractivity contribution in [2.75, 3.05) is 0 Å². The molecule has 0 spiro atoms. The summed E-state index contributed by atoms with van der Waals surface area (Å²) in [6, 6.07) is 13.9. The molecule has 2 heteroatoms. The van der Waals surface area contributed by atoms with Crippen molar-refractivity contribution >= 4 is 0 Å². The molecule has 0 atom stereocenters. The zero-order chi connectivity index (χ0) is 13.2. The summed E-state index contributed by atoms with van der Waals surface area (Å²) in [6.07, 6.45) is 2.59. The molecule has 1 nitrogen and oxygen atoms in total. The SMILES string of the molecule is Cc1ccc(CNC2CC2)cc1-c1cccc(F)c1. The molecule has 0 saturated heterocycles. The molecule has 0 bridgehead atoms. The number of benzene rings is 2. The Labute approximate surface area is 113 Å². The minimum absolute atomic E-state index is 0.182. The quantitative estimate of drug-likeness (QED) is 0.869. The fourth-order valence-corrected chi connectivity index (χ4v) is 2.30. The Balaban J connectivity index is 1.88. The maximum atomic E-state index is 13.3. The normalized spacial score (nSPS) is 14.6. The van der Waals surface area contributed by atoms with E-state index >= 15 is 0 Å². The Morgan fingerprint density at radius 1 is 1.16 bits per heavy atom. The van der Waals surface area contributed by atoms with E-state index in [0.717, 1.165) is 17.7 Å². The van der Waals surface area contributed by atoms with Crippen molar-refractivity contribution in [2.45, 2.75) is 32.4 Å². The van der Waals surface area contributed by atoms with Gasteiger partial charge in [0.05, 0.1) is 0 Å². The maximum Gasteiger partial charge on any atom is 0.123 e. The van der Waals surface area contributed by atoms with Crippen LogP contribution in [0.4, 0.5) is 4.39 Å². The first-order valence-electron chi connectivity index (χ1n) is 6.81. The van der Waals surface area contributed by atoms with Gasteiger partial charge in [0.2, 0.25) is 0 Å². The van der Waals surface area contributed by atoms with E-state index in [1.165, 1.54) is 30.0 Å². The molecule has 1 aliphatic carbocycles. The van der Waals surface area contributed by atoms with E-state index in [4.69, 9.17) is 0 Å².